The summed E-state index contributed by atoms with van der Waals surface area (Å²) in [5.74, 6) is 0.692. The zero-order valence-electron chi connectivity index (χ0n) is 12.2. The van der Waals surface area contributed by atoms with Crippen molar-refractivity contribution in [3.8, 4) is 11.4 Å². The average molecular weight is 312 g/mol. The lowest BCUT2D eigenvalue weighted by atomic mass is 10.3. The van der Waals surface area contributed by atoms with Crippen molar-refractivity contribution in [1.82, 2.24) is 15.0 Å². The Hall–Kier alpha value is -1.63. The van der Waals surface area contributed by atoms with Crippen LogP contribution in [0, 0.1) is 0 Å². The number of rotatable bonds is 7. The van der Waals surface area contributed by atoms with E-state index in [0.717, 1.165) is 0 Å². The van der Waals surface area contributed by atoms with E-state index in [1.807, 2.05) is 13.8 Å². The third kappa shape index (κ3) is 3.72. The van der Waals surface area contributed by atoms with E-state index in [-0.39, 0.29) is 0 Å². The first-order valence-electron chi connectivity index (χ1n) is 6.69. The van der Waals surface area contributed by atoms with Crippen LogP contribution in [-0.2, 0) is 9.47 Å². The van der Waals surface area contributed by atoms with Crippen LogP contribution in [0.15, 0.2) is 24.4 Å². The highest BCUT2D eigenvalue weighted by Gasteiger charge is 2.17. The Bertz CT molecular complexity index is 583. The lowest BCUT2D eigenvalue weighted by Gasteiger charge is -2.13. The molecule has 0 N–H and O–H groups in total. The molecule has 0 amide bonds. The normalized spacial score (nSPS) is 11.1. The second-order valence-corrected chi connectivity index (χ2v) is 4.56. The summed E-state index contributed by atoms with van der Waals surface area (Å²) in [6, 6.07) is 5.32. The second-order valence-electron chi connectivity index (χ2n) is 4.15. The van der Waals surface area contributed by atoms with Crippen LogP contribution in [0.3, 0.4) is 0 Å². The number of hydrogen-bond acceptors (Lipinski definition) is 5. The molecule has 0 fully saturated rings. The van der Waals surface area contributed by atoms with Crippen LogP contribution in [0.1, 0.15) is 25.8 Å². The molecule has 2 aromatic rings. The van der Waals surface area contributed by atoms with Gasteiger partial charge in [-0.15, -0.1) is 5.10 Å². The van der Waals surface area contributed by atoms with E-state index in [1.54, 1.807) is 36.2 Å². The monoisotopic (exact) mass is 311 g/mol. The summed E-state index contributed by atoms with van der Waals surface area (Å²) in [7, 11) is 1.60. The summed E-state index contributed by atoms with van der Waals surface area (Å²) in [5.41, 5.74) is 1.28. The van der Waals surface area contributed by atoms with Gasteiger partial charge in [-0.05, 0) is 26.0 Å². The highest BCUT2D eigenvalue weighted by atomic mass is 35.5. The van der Waals surface area contributed by atoms with Crippen LogP contribution in [0.25, 0.3) is 5.69 Å². The first-order chi connectivity index (χ1) is 10.2. The Kier molecular flexibility index (Phi) is 5.55. The molecule has 0 unspecified atom stereocenters. The van der Waals surface area contributed by atoms with Crippen LogP contribution in [0.2, 0.25) is 5.02 Å². The maximum absolute atomic E-state index is 6.19. The molecule has 0 saturated heterocycles. The maximum atomic E-state index is 6.19. The van der Waals surface area contributed by atoms with E-state index in [4.69, 9.17) is 25.8 Å². The van der Waals surface area contributed by atoms with Gasteiger partial charge in [-0.2, -0.15) is 0 Å². The molecule has 0 spiro atoms. The number of ether oxygens (including phenoxy) is 3. The Morgan fingerprint density at radius 1 is 1.24 bits per heavy atom. The third-order valence-electron chi connectivity index (χ3n) is 2.79. The zero-order chi connectivity index (χ0) is 15.2. The zero-order valence-corrected chi connectivity index (χ0v) is 13.0. The Labute approximate surface area is 128 Å². The summed E-state index contributed by atoms with van der Waals surface area (Å²) >= 11 is 6.19. The second kappa shape index (κ2) is 7.40. The van der Waals surface area contributed by atoms with Gasteiger partial charge in [0.1, 0.15) is 11.4 Å². The van der Waals surface area contributed by atoms with Gasteiger partial charge < -0.3 is 14.2 Å². The van der Waals surface area contributed by atoms with Crippen LogP contribution in [0.5, 0.6) is 5.75 Å². The molecule has 0 bridgehead atoms. The van der Waals surface area contributed by atoms with E-state index in [1.165, 1.54) is 0 Å². The molecule has 21 heavy (non-hydrogen) atoms. The first-order valence-corrected chi connectivity index (χ1v) is 7.06. The molecule has 0 saturated carbocycles. The Morgan fingerprint density at radius 3 is 2.57 bits per heavy atom. The number of benzene rings is 1. The van der Waals surface area contributed by atoms with E-state index >= 15 is 0 Å². The minimum atomic E-state index is -0.530. The van der Waals surface area contributed by atoms with E-state index < -0.39 is 6.29 Å². The number of methoxy groups -OCH3 is 1. The van der Waals surface area contributed by atoms with Gasteiger partial charge in [0.15, 0.2) is 0 Å². The number of hydrogen-bond donors (Lipinski definition) is 0. The van der Waals surface area contributed by atoms with Crippen molar-refractivity contribution < 1.29 is 14.2 Å². The molecule has 0 atom stereocenters. The smallest absolute Gasteiger partial charge is 0.204 e. The predicted octanol–water partition coefficient (Wildman–Crippen LogP) is 3.00. The lowest BCUT2D eigenvalue weighted by molar-refractivity contribution is -0.142. The number of halogens is 1. The van der Waals surface area contributed by atoms with Gasteiger partial charge in [0, 0.05) is 19.3 Å². The van der Waals surface area contributed by atoms with Gasteiger partial charge in [-0.1, -0.05) is 16.8 Å². The standard InChI is InChI=1S/C14H18ClN3O3/c1-4-20-14(21-5-2)12-9-18(17-16-12)13-8-10(19-3)6-7-11(13)15/h6-9,14H,4-5H2,1-3H3. The molecular weight excluding hydrogens is 294 g/mol. The Morgan fingerprint density at radius 2 is 1.95 bits per heavy atom. The summed E-state index contributed by atoms with van der Waals surface area (Å²) in [5, 5.41) is 8.72. The fraction of sp³-hybridized carbons (Fsp3) is 0.429. The predicted molar refractivity (Wildman–Crippen MR) is 78.9 cm³/mol. The molecule has 0 aliphatic rings. The molecule has 1 aromatic carbocycles. The van der Waals surface area contributed by atoms with Crippen LogP contribution in [0.4, 0.5) is 0 Å². The van der Waals surface area contributed by atoms with Crippen LogP contribution < -0.4 is 4.74 Å². The molecule has 1 aromatic heterocycles. The topological polar surface area (TPSA) is 58.4 Å². The van der Waals surface area contributed by atoms with Gasteiger partial charge in [0.2, 0.25) is 6.29 Å². The van der Waals surface area contributed by atoms with Crippen molar-refractivity contribution in [3.05, 3.63) is 35.1 Å². The molecule has 0 radical (unpaired) electrons. The summed E-state index contributed by atoms with van der Waals surface area (Å²) < 4.78 is 17.8. The van der Waals surface area contributed by atoms with E-state index in [9.17, 15) is 0 Å². The quantitative estimate of drug-likeness (QED) is 0.736. The van der Waals surface area contributed by atoms with Gasteiger partial charge in [0.05, 0.1) is 24.0 Å². The Balaban J connectivity index is 2.30. The molecule has 114 valence electrons. The molecule has 0 aliphatic carbocycles. The molecule has 1 heterocycles. The van der Waals surface area contributed by atoms with Crippen molar-refractivity contribution in [2.24, 2.45) is 0 Å². The van der Waals surface area contributed by atoms with Crippen molar-refractivity contribution in [3.63, 3.8) is 0 Å². The molecule has 0 aliphatic heterocycles. The van der Waals surface area contributed by atoms with Gasteiger partial charge in [-0.3, -0.25) is 0 Å². The number of nitrogens with zero attached hydrogens (tertiary/aromatic N) is 3. The van der Waals surface area contributed by atoms with E-state index in [2.05, 4.69) is 10.3 Å². The number of aromatic nitrogens is 3. The van der Waals surface area contributed by atoms with Crippen LogP contribution >= 0.6 is 11.6 Å². The SMILES string of the molecule is CCOC(OCC)c1cn(-c2cc(OC)ccc2Cl)nn1. The van der Waals surface area contributed by atoms with Gasteiger partial charge >= 0.3 is 0 Å². The van der Waals surface area contributed by atoms with E-state index in [0.29, 0.717) is 35.4 Å². The van der Waals surface area contributed by atoms with Gasteiger partial charge in [-0.25, -0.2) is 4.68 Å². The highest BCUT2D eigenvalue weighted by molar-refractivity contribution is 6.32. The minimum absolute atomic E-state index is 0.525. The molecule has 6 nitrogen and oxygen atoms in total. The maximum Gasteiger partial charge on any atom is 0.204 e. The van der Waals surface area contributed by atoms with Crippen molar-refractivity contribution in [2.75, 3.05) is 20.3 Å². The minimum Gasteiger partial charge on any atom is -0.497 e. The summed E-state index contributed by atoms with van der Waals surface area (Å²) in [6.45, 7) is 4.85. The van der Waals surface area contributed by atoms with Crippen molar-refractivity contribution in [2.45, 2.75) is 20.1 Å². The largest absolute Gasteiger partial charge is 0.497 e. The fourth-order valence-electron chi connectivity index (χ4n) is 1.82. The highest BCUT2D eigenvalue weighted by Crippen LogP contribution is 2.26. The van der Waals surface area contributed by atoms with Crippen LogP contribution in [-0.4, -0.2) is 35.3 Å². The van der Waals surface area contributed by atoms with Gasteiger partial charge in [0.25, 0.3) is 0 Å². The molecule has 7 heteroatoms. The fourth-order valence-corrected chi connectivity index (χ4v) is 2.02. The molecule has 2 rings (SSSR count). The third-order valence-corrected chi connectivity index (χ3v) is 3.11. The molecular formula is C14H18ClN3O3. The van der Waals surface area contributed by atoms with Crippen molar-refractivity contribution in [1.29, 1.82) is 0 Å². The summed E-state index contributed by atoms with van der Waals surface area (Å²) in [6.07, 6.45) is 1.20. The first kappa shape index (κ1) is 15.8. The summed E-state index contributed by atoms with van der Waals surface area (Å²) in [4.78, 5) is 0. The average Bonchev–Trinajstić information content (AvgIpc) is 2.97. The lowest BCUT2D eigenvalue weighted by Crippen LogP contribution is -2.09. The van der Waals surface area contributed by atoms with Crippen molar-refractivity contribution >= 4 is 11.6 Å².